The van der Waals surface area contributed by atoms with E-state index in [0.717, 1.165) is 32.5 Å². The number of hydrogen-bond donors (Lipinski definition) is 0. The second-order valence-electron chi connectivity index (χ2n) is 10.2. The summed E-state index contributed by atoms with van der Waals surface area (Å²) in [7, 11) is 6.16. The lowest BCUT2D eigenvalue weighted by Crippen LogP contribution is -2.27. The molecule has 1 aromatic heterocycles. The highest BCUT2D eigenvalue weighted by Gasteiger charge is 2.22. The van der Waals surface area contributed by atoms with Gasteiger partial charge in [0.1, 0.15) is 22.5 Å². The summed E-state index contributed by atoms with van der Waals surface area (Å²) >= 11 is 0. The first-order valence-electron chi connectivity index (χ1n) is 14.8. The molecule has 0 bridgehead atoms. The van der Waals surface area contributed by atoms with Crippen molar-refractivity contribution in [1.29, 1.82) is 0 Å². The average molecular weight is 570 g/mol. The monoisotopic (exact) mass is 569 g/mol. The topological polar surface area (TPSA) is 79.6 Å². The van der Waals surface area contributed by atoms with Gasteiger partial charge >= 0.3 is 0 Å². The van der Waals surface area contributed by atoms with Gasteiger partial charge in [0.25, 0.3) is 0 Å². The molecule has 41 heavy (non-hydrogen) atoms. The number of nitrogens with zero attached hydrogens (tertiary/aromatic N) is 1. The molecule has 0 fully saturated rings. The Bertz CT molecular complexity index is 1280. The molecular formula is C33H47NO7. The van der Waals surface area contributed by atoms with Crippen molar-refractivity contribution in [2.24, 2.45) is 0 Å². The zero-order valence-corrected chi connectivity index (χ0v) is 25.7. The van der Waals surface area contributed by atoms with Crippen molar-refractivity contribution in [3.05, 3.63) is 40.6 Å². The summed E-state index contributed by atoms with van der Waals surface area (Å²) in [5.41, 5.74) is 0.661. The van der Waals surface area contributed by atoms with E-state index in [1.165, 1.54) is 45.6 Å². The second-order valence-corrected chi connectivity index (χ2v) is 10.2. The largest absolute Gasteiger partial charge is 0.496 e. The van der Waals surface area contributed by atoms with Crippen LogP contribution in [0.15, 0.2) is 39.5 Å². The van der Waals surface area contributed by atoms with Crippen molar-refractivity contribution in [3.63, 3.8) is 0 Å². The third-order valence-corrected chi connectivity index (χ3v) is 7.26. The maximum absolute atomic E-state index is 13.7. The van der Waals surface area contributed by atoms with Crippen molar-refractivity contribution < 1.29 is 28.1 Å². The summed E-state index contributed by atoms with van der Waals surface area (Å²) in [6.45, 7) is 8.34. The molecule has 8 nitrogen and oxygen atoms in total. The molecule has 0 aliphatic carbocycles. The van der Waals surface area contributed by atoms with Crippen molar-refractivity contribution in [2.75, 3.05) is 54.7 Å². The van der Waals surface area contributed by atoms with Gasteiger partial charge in [-0.2, -0.15) is 0 Å². The maximum Gasteiger partial charge on any atom is 0.239 e. The van der Waals surface area contributed by atoms with E-state index in [-0.39, 0.29) is 16.9 Å². The molecule has 8 heteroatoms. The first kappa shape index (κ1) is 32.1. The molecular weight excluding hydrogens is 522 g/mol. The van der Waals surface area contributed by atoms with Crippen LogP contribution in [0.1, 0.15) is 65.2 Å². The third-order valence-electron chi connectivity index (χ3n) is 7.26. The first-order valence-corrected chi connectivity index (χ1v) is 14.8. The summed E-state index contributed by atoms with van der Waals surface area (Å²) < 4.78 is 34.3. The minimum atomic E-state index is -0.311. The van der Waals surface area contributed by atoms with Crippen LogP contribution < -0.4 is 29.1 Å². The SMILES string of the molecule is CCCCCN(CCCCC)CCCCOc1cc(OC)cc2oc(-c3ccc(OC)c(OC)c3)c(OC)c(=O)c12. The molecule has 0 amide bonds. The minimum Gasteiger partial charge on any atom is -0.496 e. The van der Waals surface area contributed by atoms with E-state index < -0.39 is 0 Å². The number of unbranched alkanes of at least 4 members (excludes halogenated alkanes) is 5. The van der Waals surface area contributed by atoms with Crippen LogP contribution in [-0.2, 0) is 0 Å². The van der Waals surface area contributed by atoms with Crippen LogP contribution in [-0.4, -0.2) is 59.6 Å². The summed E-state index contributed by atoms with van der Waals surface area (Å²) in [5.74, 6) is 2.43. The lowest BCUT2D eigenvalue weighted by molar-refractivity contribution is 0.242. The zero-order valence-electron chi connectivity index (χ0n) is 25.7. The molecule has 0 aliphatic rings. The van der Waals surface area contributed by atoms with Crippen LogP contribution in [0, 0.1) is 0 Å². The molecule has 3 aromatic rings. The van der Waals surface area contributed by atoms with Crippen molar-refractivity contribution in [2.45, 2.75) is 65.2 Å². The molecule has 0 saturated heterocycles. The molecule has 0 aliphatic heterocycles. The number of fused-ring (bicyclic) bond motifs is 1. The van der Waals surface area contributed by atoms with Crippen LogP contribution in [0.25, 0.3) is 22.3 Å². The van der Waals surface area contributed by atoms with Crippen molar-refractivity contribution in [1.82, 2.24) is 4.90 Å². The van der Waals surface area contributed by atoms with Gasteiger partial charge < -0.3 is 33.0 Å². The lowest BCUT2D eigenvalue weighted by atomic mass is 10.1. The van der Waals surface area contributed by atoms with Gasteiger partial charge in [-0.1, -0.05) is 39.5 Å². The van der Waals surface area contributed by atoms with Gasteiger partial charge in [-0.15, -0.1) is 0 Å². The standard InChI is InChI=1S/C33H47NO7/c1-7-9-11-17-34(18-12-10-8-2)19-13-14-20-40-28-22-25(36-3)23-29-30(28)31(35)33(39-6)32(41-29)24-15-16-26(37-4)27(21-24)38-5/h15-16,21-23H,7-14,17-20H2,1-6H3. The highest BCUT2D eigenvalue weighted by molar-refractivity contribution is 5.88. The van der Waals surface area contributed by atoms with E-state index >= 15 is 0 Å². The molecule has 0 radical (unpaired) electrons. The molecule has 3 rings (SSSR count). The van der Waals surface area contributed by atoms with Crippen LogP contribution in [0.2, 0.25) is 0 Å². The highest BCUT2D eigenvalue weighted by Crippen LogP contribution is 2.39. The van der Waals surface area contributed by atoms with E-state index in [1.807, 2.05) is 0 Å². The van der Waals surface area contributed by atoms with E-state index in [4.69, 9.17) is 28.1 Å². The van der Waals surface area contributed by atoms with Crippen LogP contribution in [0.4, 0.5) is 0 Å². The Balaban J connectivity index is 1.81. The van der Waals surface area contributed by atoms with Gasteiger partial charge in [0.2, 0.25) is 11.2 Å². The quantitative estimate of drug-likeness (QED) is 0.139. The summed E-state index contributed by atoms with van der Waals surface area (Å²) in [6.07, 6.45) is 9.42. The molecule has 226 valence electrons. The van der Waals surface area contributed by atoms with Crippen molar-refractivity contribution in [3.8, 4) is 40.1 Å². The Morgan fingerprint density at radius 3 is 1.95 bits per heavy atom. The summed E-state index contributed by atoms with van der Waals surface area (Å²) in [5, 5.41) is 0.327. The predicted octanol–water partition coefficient (Wildman–Crippen LogP) is 7.34. The molecule has 0 saturated carbocycles. The van der Waals surface area contributed by atoms with E-state index in [0.29, 0.717) is 46.1 Å². The normalized spacial score (nSPS) is 11.2. The highest BCUT2D eigenvalue weighted by atomic mass is 16.5. The average Bonchev–Trinajstić information content (AvgIpc) is 2.99. The number of benzene rings is 2. The smallest absolute Gasteiger partial charge is 0.239 e. The van der Waals surface area contributed by atoms with Gasteiger partial charge in [0.15, 0.2) is 17.3 Å². The Labute approximate surface area is 244 Å². The third kappa shape index (κ3) is 8.55. The summed E-state index contributed by atoms with van der Waals surface area (Å²) in [6, 6.07) is 8.72. The van der Waals surface area contributed by atoms with Crippen LogP contribution in [0.3, 0.4) is 0 Å². The van der Waals surface area contributed by atoms with Crippen LogP contribution >= 0.6 is 0 Å². The molecule has 2 aromatic carbocycles. The fourth-order valence-electron chi connectivity index (χ4n) is 4.95. The lowest BCUT2D eigenvalue weighted by Gasteiger charge is -2.22. The van der Waals surface area contributed by atoms with E-state index in [2.05, 4.69) is 18.7 Å². The minimum absolute atomic E-state index is 0.0922. The number of rotatable bonds is 19. The van der Waals surface area contributed by atoms with Crippen molar-refractivity contribution >= 4 is 11.0 Å². The van der Waals surface area contributed by atoms with Gasteiger partial charge in [-0.3, -0.25) is 4.79 Å². The zero-order chi connectivity index (χ0) is 29.6. The first-order chi connectivity index (χ1) is 20.0. The predicted molar refractivity (Wildman–Crippen MR) is 164 cm³/mol. The van der Waals surface area contributed by atoms with Gasteiger partial charge in [-0.05, 0) is 63.5 Å². The number of methoxy groups -OCH3 is 4. The number of ether oxygens (including phenoxy) is 5. The maximum atomic E-state index is 13.7. The molecule has 0 spiro atoms. The van der Waals surface area contributed by atoms with Gasteiger partial charge in [0.05, 0.1) is 35.0 Å². The van der Waals surface area contributed by atoms with Gasteiger partial charge in [-0.25, -0.2) is 0 Å². The molecule has 1 heterocycles. The fraction of sp³-hybridized carbons (Fsp3) is 0.545. The Morgan fingerprint density at radius 2 is 1.37 bits per heavy atom. The van der Waals surface area contributed by atoms with Gasteiger partial charge in [0, 0.05) is 17.7 Å². The molecule has 0 atom stereocenters. The second kappa shape index (κ2) is 16.8. The molecule has 0 unspecified atom stereocenters. The van der Waals surface area contributed by atoms with Crippen LogP contribution in [0.5, 0.6) is 28.7 Å². The molecule has 0 N–H and O–H groups in total. The van der Waals surface area contributed by atoms with E-state index in [9.17, 15) is 4.79 Å². The fourth-order valence-corrected chi connectivity index (χ4v) is 4.95. The number of hydrogen-bond acceptors (Lipinski definition) is 8. The van der Waals surface area contributed by atoms with E-state index in [1.54, 1.807) is 51.7 Å². The Morgan fingerprint density at radius 1 is 0.707 bits per heavy atom. The Hall–Kier alpha value is -3.39. The summed E-state index contributed by atoms with van der Waals surface area (Å²) in [4.78, 5) is 16.3. The Kier molecular flexibility index (Phi) is 13.1.